The van der Waals surface area contributed by atoms with Crippen LogP contribution in [0.2, 0.25) is 0 Å². The molecule has 2 atom stereocenters. The van der Waals surface area contributed by atoms with E-state index >= 15 is 0 Å². The van der Waals surface area contributed by atoms with Crippen LogP contribution in [-0.4, -0.2) is 6.54 Å². The zero-order valence-electron chi connectivity index (χ0n) is 10.1. The van der Waals surface area contributed by atoms with Crippen molar-refractivity contribution in [2.75, 3.05) is 6.54 Å². The molecule has 1 aliphatic rings. The van der Waals surface area contributed by atoms with Gasteiger partial charge < -0.3 is 5.32 Å². The normalized spacial score (nSPS) is 25.7. The van der Waals surface area contributed by atoms with E-state index in [0.29, 0.717) is 6.04 Å². The Balaban J connectivity index is 2.13. The van der Waals surface area contributed by atoms with Gasteiger partial charge in [-0.3, -0.25) is 0 Å². The second-order valence-electron chi connectivity index (χ2n) is 4.81. The second kappa shape index (κ2) is 4.96. The average Bonchev–Trinajstić information content (AvgIpc) is 2.33. The fourth-order valence-corrected chi connectivity index (χ4v) is 2.45. The topological polar surface area (TPSA) is 12.0 Å². The van der Waals surface area contributed by atoms with E-state index in [9.17, 15) is 4.39 Å². The molecule has 1 aromatic carbocycles. The summed E-state index contributed by atoms with van der Waals surface area (Å²) < 4.78 is 13.5. The van der Waals surface area contributed by atoms with Crippen molar-refractivity contribution in [2.24, 2.45) is 5.92 Å². The van der Waals surface area contributed by atoms with Crippen LogP contribution in [0.1, 0.15) is 43.4 Å². The van der Waals surface area contributed by atoms with Crippen LogP contribution in [0.15, 0.2) is 18.2 Å². The van der Waals surface area contributed by atoms with E-state index in [4.69, 9.17) is 0 Å². The molecule has 1 aliphatic heterocycles. The number of hydrogen-bond acceptors (Lipinski definition) is 1. The van der Waals surface area contributed by atoms with Gasteiger partial charge in [0.05, 0.1) is 0 Å². The first-order valence-electron chi connectivity index (χ1n) is 6.20. The Labute approximate surface area is 97.1 Å². The third-order valence-electron chi connectivity index (χ3n) is 3.69. The minimum Gasteiger partial charge on any atom is -0.310 e. The van der Waals surface area contributed by atoms with Crippen molar-refractivity contribution in [3.05, 3.63) is 35.1 Å². The molecule has 1 heterocycles. The number of rotatable bonds is 2. The smallest absolute Gasteiger partial charge is 0.126 e. The molecule has 0 spiro atoms. The van der Waals surface area contributed by atoms with Gasteiger partial charge in [-0.15, -0.1) is 0 Å². The Morgan fingerprint density at radius 3 is 2.94 bits per heavy atom. The van der Waals surface area contributed by atoms with E-state index < -0.39 is 0 Å². The molecule has 88 valence electrons. The number of halogens is 1. The van der Waals surface area contributed by atoms with Crippen molar-refractivity contribution in [3.63, 3.8) is 0 Å². The molecule has 1 aromatic rings. The third kappa shape index (κ3) is 2.43. The maximum atomic E-state index is 13.5. The number of nitrogens with one attached hydrogen (secondary N) is 1. The Bertz CT molecular complexity index is 362. The fourth-order valence-electron chi connectivity index (χ4n) is 2.45. The molecule has 0 saturated carbocycles. The molecule has 16 heavy (non-hydrogen) atoms. The number of benzene rings is 1. The summed E-state index contributed by atoms with van der Waals surface area (Å²) in [5.41, 5.74) is 1.83. The van der Waals surface area contributed by atoms with Gasteiger partial charge in [0, 0.05) is 6.04 Å². The van der Waals surface area contributed by atoms with Crippen LogP contribution in [0.4, 0.5) is 4.39 Å². The molecule has 0 bridgehead atoms. The summed E-state index contributed by atoms with van der Waals surface area (Å²) in [6, 6.07) is 5.95. The van der Waals surface area contributed by atoms with Crippen LogP contribution < -0.4 is 5.32 Å². The number of piperidine rings is 1. The van der Waals surface area contributed by atoms with E-state index in [0.717, 1.165) is 30.0 Å². The predicted molar refractivity (Wildman–Crippen MR) is 64.9 cm³/mol. The average molecular weight is 221 g/mol. The highest BCUT2D eigenvalue weighted by Gasteiger charge is 2.21. The highest BCUT2D eigenvalue weighted by atomic mass is 19.1. The molecule has 0 aliphatic carbocycles. The first kappa shape index (κ1) is 11.6. The monoisotopic (exact) mass is 221 g/mol. The van der Waals surface area contributed by atoms with Crippen molar-refractivity contribution >= 4 is 0 Å². The summed E-state index contributed by atoms with van der Waals surface area (Å²) in [5.74, 6) is 0.702. The third-order valence-corrected chi connectivity index (χ3v) is 3.69. The Morgan fingerprint density at radius 2 is 2.25 bits per heavy atom. The summed E-state index contributed by atoms with van der Waals surface area (Å²) in [4.78, 5) is 0. The molecule has 1 N–H and O–H groups in total. The maximum Gasteiger partial charge on any atom is 0.126 e. The van der Waals surface area contributed by atoms with Gasteiger partial charge in [0.2, 0.25) is 0 Å². The largest absolute Gasteiger partial charge is 0.310 e. The lowest BCUT2D eigenvalue weighted by Crippen LogP contribution is -2.31. The molecular formula is C14H20FN. The fraction of sp³-hybridized carbons (Fsp3) is 0.571. The van der Waals surface area contributed by atoms with Crippen LogP contribution in [0.3, 0.4) is 0 Å². The standard InChI is InChI=1S/C14H20FN/c1-3-11-6-7-16-14(8-11)12-5-4-10(2)13(15)9-12/h4-5,9,11,14,16H,3,6-8H2,1-2H3. The lowest BCUT2D eigenvalue weighted by Gasteiger charge is -2.30. The highest BCUT2D eigenvalue weighted by Crippen LogP contribution is 2.29. The first-order chi connectivity index (χ1) is 7.70. The Hall–Kier alpha value is -0.890. The van der Waals surface area contributed by atoms with Gasteiger partial charge in [-0.05, 0) is 49.4 Å². The molecule has 0 aromatic heterocycles. The van der Waals surface area contributed by atoms with E-state index in [1.165, 1.54) is 12.8 Å². The number of aryl methyl sites for hydroxylation is 1. The van der Waals surface area contributed by atoms with E-state index in [1.807, 2.05) is 19.1 Å². The summed E-state index contributed by atoms with van der Waals surface area (Å²) in [6.07, 6.45) is 3.62. The molecular weight excluding hydrogens is 201 g/mol. The van der Waals surface area contributed by atoms with Gasteiger partial charge >= 0.3 is 0 Å². The molecule has 1 fully saturated rings. The van der Waals surface area contributed by atoms with Crippen LogP contribution in [0.25, 0.3) is 0 Å². The van der Waals surface area contributed by atoms with Crippen molar-refractivity contribution in [2.45, 2.75) is 39.2 Å². The minimum absolute atomic E-state index is 0.0853. The predicted octanol–water partition coefficient (Wildman–Crippen LogP) is 3.58. The lowest BCUT2D eigenvalue weighted by atomic mass is 9.87. The van der Waals surface area contributed by atoms with Gasteiger partial charge in [0.15, 0.2) is 0 Å². The second-order valence-corrected chi connectivity index (χ2v) is 4.81. The lowest BCUT2D eigenvalue weighted by molar-refractivity contribution is 0.298. The van der Waals surface area contributed by atoms with Gasteiger partial charge in [-0.1, -0.05) is 25.5 Å². The van der Waals surface area contributed by atoms with Crippen LogP contribution in [-0.2, 0) is 0 Å². The Morgan fingerprint density at radius 1 is 1.44 bits per heavy atom. The highest BCUT2D eigenvalue weighted by molar-refractivity contribution is 5.26. The van der Waals surface area contributed by atoms with Crippen LogP contribution in [0.5, 0.6) is 0 Å². The maximum absolute atomic E-state index is 13.5. The van der Waals surface area contributed by atoms with Gasteiger partial charge in [0.25, 0.3) is 0 Å². The first-order valence-corrected chi connectivity index (χ1v) is 6.20. The van der Waals surface area contributed by atoms with Crippen molar-refractivity contribution in [3.8, 4) is 0 Å². The van der Waals surface area contributed by atoms with Gasteiger partial charge in [0.1, 0.15) is 5.82 Å². The molecule has 0 radical (unpaired) electrons. The van der Waals surface area contributed by atoms with Crippen LogP contribution >= 0.6 is 0 Å². The van der Waals surface area contributed by atoms with Gasteiger partial charge in [-0.25, -0.2) is 4.39 Å². The van der Waals surface area contributed by atoms with Crippen molar-refractivity contribution in [1.29, 1.82) is 0 Å². The number of hydrogen-bond donors (Lipinski definition) is 1. The zero-order valence-corrected chi connectivity index (χ0v) is 10.1. The van der Waals surface area contributed by atoms with Gasteiger partial charge in [-0.2, -0.15) is 0 Å². The molecule has 1 nitrogen and oxygen atoms in total. The SMILES string of the molecule is CCC1CCNC(c2ccc(C)c(F)c2)C1. The minimum atomic E-state index is -0.0853. The van der Waals surface area contributed by atoms with Crippen molar-refractivity contribution < 1.29 is 4.39 Å². The summed E-state index contributed by atoms with van der Waals surface area (Å²) >= 11 is 0. The molecule has 1 saturated heterocycles. The van der Waals surface area contributed by atoms with E-state index in [2.05, 4.69) is 12.2 Å². The van der Waals surface area contributed by atoms with Crippen LogP contribution in [0, 0.1) is 18.7 Å². The molecule has 2 heteroatoms. The Kier molecular flexibility index (Phi) is 3.59. The molecule has 0 amide bonds. The summed E-state index contributed by atoms with van der Waals surface area (Å²) in [7, 11) is 0. The molecule has 2 unspecified atom stereocenters. The van der Waals surface area contributed by atoms with E-state index in [-0.39, 0.29) is 5.82 Å². The van der Waals surface area contributed by atoms with E-state index in [1.54, 1.807) is 6.07 Å². The summed E-state index contributed by atoms with van der Waals surface area (Å²) in [6.45, 7) is 5.10. The summed E-state index contributed by atoms with van der Waals surface area (Å²) in [5, 5.41) is 3.48. The van der Waals surface area contributed by atoms with Crippen molar-refractivity contribution in [1.82, 2.24) is 5.32 Å². The quantitative estimate of drug-likeness (QED) is 0.804. The zero-order chi connectivity index (χ0) is 11.5. The molecule has 2 rings (SSSR count).